The molecule has 1 aromatic heterocycles. The Morgan fingerprint density at radius 2 is 1.85 bits per heavy atom. The average molecular weight is 448 g/mol. The van der Waals surface area contributed by atoms with Gasteiger partial charge in [-0.1, -0.05) is 46.6 Å². The smallest absolute Gasteiger partial charge is 0.261 e. The zero-order valence-corrected chi connectivity index (χ0v) is 17.7. The predicted molar refractivity (Wildman–Crippen MR) is 110 cm³/mol. The molecule has 3 aliphatic rings. The number of carbonyl (C=O) groups excluding carboxylic acids is 1. The van der Waals surface area contributed by atoms with Crippen molar-refractivity contribution in [1.29, 1.82) is 0 Å². The molecule has 8 heteroatoms. The van der Waals surface area contributed by atoms with Gasteiger partial charge in [-0.3, -0.25) is 4.79 Å². The number of benzene rings is 1. The van der Waals surface area contributed by atoms with Gasteiger partial charge in [-0.15, -0.1) is 11.3 Å². The van der Waals surface area contributed by atoms with Crippen LogP contribution < -0.4 is 5.32 Å². The topological polar surface area (TPSA) is 32.3 Å². The van der Waals surface area contributed by atoms with Gasteiger partial charge in [-0.2, -0.15) is 0 Å². The van der Waals surface area contributed by atoms with Crippen LogP contribution in [0, 0.1) is 5.92 Å². The average Bonchev–Trinajstić information content (AvgIpc) is 3.09. The maximum Gasteiger partial charge on any atom is 0.261 e. The molecule has 2 aromatic rings. The van der Waals surface area contributed by atoms with E-state index in [2.05, 4.69) is 10.2 Å². The Morgan fingerprint density at radius 1 is 1.12 bits per heavy atom. The van der Waals surface area contributed by atoms with E-state index in [9.17, 15) is 4.79 Å². The molecule has 26 heavy (non-hydrogen) atoms. The first-order valence-corrected chi connectivity index (χ1v) is 11.2. The quantitative estimate of drug-likeness (QED) is 0.612. The Balaban J connectivity index is 1.43. The van der Waals surface area contributed by atoms with Gasteiger partial charge in [0, 0.05) is 17.5 Å². The monoisotopic (exact) mass is 446 g/mol. The standard InChI is InChI=1S/C18H17Cl3N2OS2/c19-11-7-13(21)16(8-12(11)20)26-17-2-1-15(25-17)18(24)22-14-9-23-5-3-10(14)4-6-23/h1-2,7-8,10,14H,3-6,9H2,(H,22,24). The number of amides is 1. The summed E-state index contributed by atoms with van der Waals surface area (Å²) in [5, 5.41) is 4.68. The van der Waals surface area contributed by atoms with E-state index in [0.717, 1.165) is 20.5 Å². The third-order valence-corrected chi connectivity index (χ3v) is 8.38. The number of nitrogens with zero attached hydrogens (tertiary/aromatic N) is 1. The van der Waals surface area contributed by atoms with Crippen molar-refractivity contribution >= 4 is 63.8 Å². The predicted octanol–water partition coefficient (Wildman–Crippen LogP) is 5.68. The van der Waals surface area contributed by atoms with Crippen molar-refractivity contribution in [2.24, 2.45) is 5.92 Å². The molecule has 138 valence electrons. The molecule has 1 N–H and O–H groups in total. The molecule has 3 fully saturated rings. The van der Waals surface area contributed by atoms with E-state index in [1.54, 1.807) is 12.1 Å². The molecule has 0 radical (unpaired) electrons. The molecule has 3 saturated heterocycles. The summed E-state index contributed by atoms with van der Waals surface area (Å²) in [6, 6.07) is 7.48. The van der Waals surface area contributed by atoms with Gasteiger partial charge in [0.2, 0.25) is 0 Å². The van der Waals surface area contributed by atoms with Crippen molar-refractivity contribution in [3.63, 3.8) is 0 Å². The molecule has 1 aromatic carbocycles. The largest absolute Gasteiger partial charge is 0.347 e. The minimum Gasteiger partial charge on any atom is -0.347 e. The fourth-order valence-corrected chi connectivity index (χ4v) is 6.32. The minimum atomic E-state index is 0.0147. The summed E-state index contributed by atoms with van der Waals surface area (Å²) in [6.07, 6.45) is 2.37. The number of piperidine rings is 3. The van der Waals surface area contributed by atoms with Gasteiger partial charge in [0.05, 0.1) is 24.2 Å². The molecule has 0 spiro atoms. The molecule has 0 aliphatic carbocycles. The molecule has 4 heterocycles. The highest BCUT2D eigenvalue weighted by molar-refractivity contribution is 8.01. The third-order valence-electron chi connectivity index (χ3n) is 4.96. The van der Waals surface area contributed by atoms with Crippen molar-refractivity contribution in [3.8, 4) is 0 Å². The number of hydrogen-bond acceptors (Lipinski definition) is 4. The Kier molecular flexibility index (Phi) is 5.75. The summed E-state index contributed by atoms with van der Waals surface area (Å²) in [5.41, 5.74) is 0. The second kappa shape index (κ2) is 7.90. The summed E-state index contributed by atoms with van der Waals surface area (Å²) in [5.74, 6) is 0.633. The number of fused-ring (bicyclic) bond motifs is 3. The first-order chi connectivity index (χ1) is 12.5. The molecule has 1 unspecified atom stereocenters. The maximum atomic E-state index is 12.6. The number of halogens is 3. The van der Waals surface area contributed by atoms with Crippen LogP contribution in [0.3, 0.4) is 0 Å². The summed E-state index contributed by atoms with van der Waals surface area (Å²) in [6.45, 7) is 3.31. The zero-order chi connectivity index (χ0) is 18.3. The highest BCUT2D eigenvalue weighted by Crippen LogP contribution is 2.40. The third kappa shape index (κ3) is 4.03. The molecular weight excluding hydrogens is 431 g/mol. The Morgan fingerprint density at radius 3 is 2.54 bits per heavy atom. The summed E-state index contributed by atoms with van der Waals surface area (Å²) in [4.78, 5) is 16.6. The molecule has 1 atom stereocenters. The van der Waals surface area contributed by atoms with Crippen molar-refractivity contribution in [2.45, 2.75) is 28.0 Å². The number of nitrogens with one attached hydrogen (secondary N) is 1. The summed E-state index contributed by atoms with van der Waals surface area (Å²) < 4.78 is 0.990. The first kappa shape index (κ1) is 18.9. The number of thiophene rings is 1. The van der Waals surface area contributed by atoms with Gasteiger partial charge in [0.1, 0.15) is 0 Å². The SMILES string of the molecule is O=C(NC1CN2CCC1CC2)c1ccc(Sc2cc(Cl)c(Cl)cc2Cl)s1. The highest BCUT2D eigenvalue weighted by Gasteiger charge is 2.35. The fraction of sp³-hybridized carbons (Fsp3) is 0.389. The summed E-state index contributed by atoms with van der Waals surface area (Å²) in [7, 11) is 0. The second-order valence-electron chi connectivity index (χ2n) is 6.64. The van der Waals surface area contributed by atoms with Crippen LogP contribution in [0.25, 0.3) is 0 Å². The number of rotatable bonds is 4. The second-order valence-corrected chi connectivity index (χ2v) is 10.3. The normalized spacial score (nSPS) is 24.7. The maximum absolute atomic E-state index is 12.6. The molecule has 3 nitrogen and oxygen atoms in total. The van der Waals surface area contributed by atoms with Crippen LogP contribution in [-0.4, -0.2) is 36.5 Å². The lowest BCUT2D eigenvalue weighted by atomic mass is 9.84. The number of carbonyl (C=O) groups is 1. The van der Waals surface area contributed by atoms with Crippen molar-refractivity contribution in [1.82, 2.24) is 10.2 Å². The molecule has 2 bridgehead atoms. The molecule has 0 saturated carbocycles. The summed E-state index contributed by atoms with van der Waals surface area (Å²) >= 11 is 21.3. The molecular formula is C18H17Cl3N2OS2. The lowest BCUT2D eigenvalue weighted by Crippen LogP contribution is -2.57. The van der Waals surface area contributed by atoms with Gasteiger partial charge in [0.15, 0.2) is 0 Å². The van der Waals surface area contributed by atoms with E-state index in [0.29, 0.717) is 21.0 Å². The van der Waals surface area contributed by atoms with Crippen molar-refractivity contribution in [2.75, 3.05) is 19.6 Å². The minimum absolute atomic E-state index is 0.0147. The van der Waals surface area contributed by atoms with E-state index in [4.69, 9.17) is 34.8 Å². The van der Waals surface area contributed by atoms with E-state index >= 15 is 0 Å². The molecule has 1 amide bonds. The van der Waals surface area contributed by atoms with Crippen LogP contribution in [0.1, 0.15) is 22.5 Å². The number of hydrogen-bond donors (Lipinski definition) is 1. The van der Waals surface area contributed by atoms with Crippen LogP contribution in [0.2, 0.25) is 15.1 Å². The highest BCUT2D eigenvalue weighted by atomic mass is 35.5. The van der Waals surface area contributed by atoms with Crippen LogP contribution in [-0.2, 0) is 0 Å². The van der Waals surface area contributed by atoms with Gasteiger partial charge in [-0.05, 0) is 56.1 Å². The van der Waals surface area contributed by atoms with Gasteiger partial charge in [0.25, 0.3) is 5.91 Å². The fourth-order valence-electron chi connectivity index (χ4n) is 3.56. The van der Waals surface area contributed by atoms with Crippen LogP contribution in [0.15, 0.2) is 33.4 Å². The van der Waals surface area contributed by atoms with Gasteiger partial charge >= 0.3 is 0 Å². The zero-order valence-electron chi connectivity index (χ0n) is 13.8. The Bertz CT molecular complexity index is 834. The van der Waals surface area contributed by atoms with Crippen LogP contribution in [0.4, 0.5) is 0 Å². The van der Waals surface area contributed by atoms with Gasteiger partial charge in [-0.25, -0.2) is 0 Å². The van der Waals surface area contributed by atoms with Crippen LogP contribution in [0.5, 0.6) is 0 Å². The molecule has 3 aliphatic heterocycles. The lowest BCUT2D eigenvalue weighted by molar-refractivity contribution is 0.0622. The van der Waals surface area contributed by atoms with Crippen molar-refractivity contribution < 1.29 is 4.79 Å². The van der Waals surface area contributed by atoms with Crippen LogP contribution >= 0.6 is 57.9 Å². The molecule has 5 rings (SSSR count). The van der Waals surface area contributed by atoms with E-state index in [1.807, 2.05) is 12.1 Å². The van der Waals surface area contributed by atoms with Gasteiger partial charge < -0.3 is 10.2 Å². The van der Waals surface area contributed by atoms with Crippen molar-refractivity contribution in [3.05, 3.63) is 44.2 Å². The van der Waals surface area contributed by atoms with E-state index in [1.165, 1.54) is 49.0 Å². The Hall–Kier alpha value is -0.430. The van der Waals surface area contributed by atoms with E-state index in [-0.39, 0.29) is 11.9 Å². The van der Waals surface area contributed by atoms with E-state index < -0.39 is 0 Å². The lowest BCUT2D eigenvalue weighted by Gasteiger charge is -2.44. The first-order valence-electron chi connectivity index (χ1n) is 8.45. The Labute approximate surface area is 176 Å².